The number of nitrogens with zero attached hydrogens (tertiary/aromatic N) is 1. The number of aliphatic hydroxyl groups is 1. The number of likely N-dealkylation sites (tertiary alicyclic amines) is 1. The summed E-state index contributed by atoms with van der Waals surface area (Å²) in [6.45, 7) is 12.9. The highest BCUT2D eigenvalue weighted by molar-refractivity contribution is 5.80. The van der Waals surface area contributed by atoms with E-state index in [1.807, 2.05) is 20.8 Å². The highest BCUT2D eigenvalue weighted by Crippen LogP contribution is 2.43. The average molecular weight is 532 g/mol. The van der Waals surface area contributed by atoms with Crippen molar-refractivity contribution in [2.45, 2.75) is 78.7 Å². The van der Waals surface area contributed by atoms with Gasteiger partial charge in [-0.25, -0.2) is 13.2 Å². The van der Waals surface area contributed by atoms with Gasteiger partial charge in [0, 0.05) is 36.9 Å². The highest BCUT2D eigenvalue weighted by Gasteiger charge is 2.48. The molecule has 0 aliphatic carbocycles. The van der Waals surface area contributed by atoms with Crippen molar-refractivity contribution < 1.29 is 23.1 Å². The number of carbonyl (C=O) groups is 1. The minimum atomic E-state index is -1.20. The molecule has 0 radical (unpaired) electrons. The lowest BCUT2D eigenvalue weighted by atomic mass is 9.70. The topological polar surface area (TPSA) is 40.5 Å². The number of amides is 1. The summed E-state index contributed by atoms with van der Waals surface area (Å²) >= 11 is 0. The van der Waals surface area contributed by atoms with Gasteiger partial charge in [0.15, 0.2) is 0 Å². The Morgan fingerprint density at radius 3 is 2.03 bits per heavy atom. The Morgan fingerprint density at radius 1 is 0.947 bits per heavy atom. The van der Waals surface area contributed by atoms with Crippen LogP contribution >= 0.6 is 0 Å². The zero-order chi connectivity index (χ0) is 28.2. The molecular formula is C32H44F3NO2. The largest absolute Gasteiger partial charge is 0.384 e. The second-order valence-corrected chi connectivity index (χ2v) is 11.8. The van der Waals surface area contributed by atoms with Gasteiger partial charge in [-0.2, -0.15) is 0 Å². The van der Waals surface area contributed by atoms with Crippen molar-refractivity contribution in [2.75, 3.05) is 13.1 Å². The van der Waals surface area contributed by atoms with E-state index >= 15 is 4.39 Å². The van der Waals surface area contributed by atoms with Gasteiger partial charge in [-0.15, -0.1) is 0 Å². The van der Waals surface area contributed by atoms with E-state index in [1.165, 1.54) is 24.3 Å². The molecule has 3 nitrogen and oxygen atoms in total. The van der Waals surface area contributed by atoms with Crippen LogP contribution in [0.2, 0.25) is 0 Å². The molecule has 0 bridgehead atoms. The van der Waals surface area contributed by atoms with Crippen molar-refractivity contribution in [2.24, 2.45) is 29.6 Å². The van der Waals surface area contributed by atoms with Crippen LogP contribution in [0.25, 0.3) is 0 Å². The molecule has 6 atom stereocenters. The average Bonchev–Trinajstić information content (AvgIpc) is 2.86. The van der Waals surface area contributed by atoms with Crippen LogP contribution in [0.15, 0.2) is 42.5 Å². The standard InChI is InChI=1S/C32H44F3NO2/c1-7-23(15-20(3)4)16-29(28-14-13-26(34)17-30(28)35)27(8-2)31(37)36-18-21(5)32(38,22(6)19-36)24-9-11-25(33)12-10-24/h9-14,17,20-23,27,29,38H,7-8,15-16,18-19H2,1-6H3/t21-,22+,23?,27-,29-,32?/m1/s1. The highest BCUT2D eigenvalue weighted by atomic mass is 19.1. The SMILES string of the molecule is CCC(CC(C)C)C[C@@H](c1ccc(F)cc1F)[C@@H](CC)C(=O)N1C[C@@H](C)C(O)(c2ccc(F)cc2)[C@@H](C)C1. The second-order valence-electron chi connectivity index (χ2n) is 11.8. The quantitative estimate of drug-likeness (QED) is 0.342. The smallest absolute Gasteiger partial charge is 0.226 e. The van der Waals surface area contributed by atoms with Crippen LogP contribution in [0.5, 0.6) is 0 Å². The lowest BCUT2D eigenvalue weighted by Gasteiger charge is -2.49. The van der Waals surface area contributed by atoms with Gasteiger partial charge < -0.3 is 10.0 Å². The zero-order valence-corrected chi connectivity index (χ0v) is 23.7. The number of benzene rings is 2. The monoisotopic (exact) mass is 531 g/mol. The third-order valence-corrected chi connectivity index (χ3v) is 8.68. The Bertz CT molecular complexity index is 1060. The van der Waals surface area contributed by atoms with E-state index in [1.54, 1.807) is 17.0 Å². The van der Waals surface area contributed by atoms with E-state index in [-0.39, 0.29) is 29.5 Å². The maximum absolute atomic E-state index is 15.1. The molecule has 1 amide bonds. The van der Waals surface area contributed by atoms with Gasteiger partial charge in [0.2, 0.25) is 5.91 Å². The van der Waals surface area contributed by atoms with Crippen molar-refractivity contribution in [1.29, 1.82) is 0 Å². The molecule has 1 aliphatic heterocycles. The third-order valence-electron chi connectivity index (χ3n) is 8.68. The predicted octanol–water partition coefficient (Wildman–Crippen LogP) is 7.68. The first kappa shape index (κ1) is 30.2. The number of halogens is 3. The summed E-state index contributed by atoms with van der Waals surface area (Å²) in [5, 5.41) is 11.7. The number of hydrogen-bond acceptors (Lipinski definition) is 2. The summed E-state index contributed by atoms with van der Waals surface area (Å²) in [6, 6.07) is 9.61. The van der Waals surface area contributed by atoms with Crippen molar-refractivity contribution in [3.63, 3.8) is 0 Å². The molecule has 1 heterocycles. The molecule has 1 saturated heterocycles. The molecule has 1 fully saturated rings. The van der Waals surface area contributed by atoms with Crippen LogP contribution in [0, 0.1) is 47.0 Å². The minimum Gasteiger partial charge on any atom is -0.384 e. The maximum atomic E-state index is 15.1. The van der Waals surface area contributed by atoms with Gasteiger partial charge >= 0.3 is 0 Å². The number of piperidine rings is 1. The first-order valence-electron chi connectivity index (χ1n) is 14.1. The fraction of sp³-hybridized carbons (Fsp3) is 0.594. The molecule has 0 saturated carbocycles. The summed E-state index contributed by atoms with van der Waals surface area (Å²) in [4.78, 5) is 15.9. The number of hydrogen-bond donors (Lipinski definition) is 1. The fourth-order valence-electron chi connectivity index (χ4n) is 6.60. The lowest BCUT2D eigenvalue weighted by molar-refractivity contribution is -0.153. The summed E-state index contributed by atoms with van der Waals surface area (Å²) in [5.41, 5.74) is -0.155. The molecule has 1 aliphatic rings. The van der Waals surface area contributed by atoms with Gasteiger partial charge in [-0.05, 0) is 66.3 Å². The van der Waals surface area contributed by atoms with E-state index in [0.29, 0.717) is 48.9 Å². The molecule has 6 heteroatoms. The molecule has 38 heavy (non-hydrogen) atoms. The second kappa shape index (κ2) is 12.7. The van der Waals surface area contributed by atoms with Crippen molar-refractivity contribution in [3.8, 4) is 0 Å². The van der Waals surface area contributed by atoms with Crippen LogP contribution in [0.3, 0.4) is 0 Å². The van der Waals surface area contributed by atoms with Crippen LogP contribution in [-0.2, 0) is 10.4 Å². The zero-order valence-electron chi connectivity index (χ0n) is 23.7. The van der Waals surface area contributed by atoms with Gasteiger partial charge in [0.1, 0.15) is 17.5 Å². The van der Waals surface area contributed by atoms with Crippen molar-refractivity contribution >= 4 is 5.91 Å². The summed E-state index contributed by atoms with van der Waals surface area (Å²) in [5.74, 6) is -2.28. The molecule has 1 N–H and O–H groups in total. The van der Waals surface area contributed by atoms with E-state index in [4.69, 9.17) is 0 Å². The maximum Gasteiger partial charge on any atom is 0.226 e. The molecule has 3 rings (SSSR count). The molecular weight excluding hydrogens is 487 g/mol. The molecule has 2 unspecified atom stereocenters. The molecule has 2 aromatic rings. The van der Waals surface area contributed by atoms with Crippen LogP contribution < -0.4 is 0 Å². The minimum absolute atomic E-state index is 0.0551. The van der Waals surface area contributed by atoms with E-state index < -0.39 is 23.2 Å². The molecule has 2 aromatic carbocycles. The fourth-order valence-corrected chi connectivity index (χ4v) is 6.60. The van der Waals surface area contributed by atoms with Gasteiger partial charge in [0.05, 0.1) is 5.60 Å². The summed E-state index contributed by atoms with van der Waals surface area (Å²) < 4.78 is 42.5. The Kier molecular flexibility index (Phi) is 10.1. The van der Waals surface area contributed by atoms with E-state index in [0.717, 1.165) is 18.9 Å². The Balaban J connectivity index is 1.91. The van der Waals surface area contributed by atoms with Gasteiger partial charge in [-0.3, -0.25) is 4.79 Å². The Morgan fingerprint density at radius 2 is 1.53 bits per heavy atom. The molecule has 210 valence electrons. The lowest BCUT2D eigenvalue weighted by Crippen LogP contribution is -2.57. The van der Waals surface area contributed by atoms with Crippen molar-refractivity contribution in [1.82, 2.24) is 4.90 Å². The van der Waals surface area contributed by atoms with E-state index in [2.05, 4.69) is 20.8 Å². The summed E-state index contributed by atoms with van der Waals surface area (Å²) in [7, 11) is 0. The molecule has 0 aromatic heterocycles. The number of rotatable bonds is 10. The molecule has 0 spiro atoms. The van der Waals surface area contributed by atoms with Crippen LogP contribution in [0.4, 0.5) is 13.2 Å². The van der Waals surface area contributed by atoms with E-state index in [9.17, 15) is 18.7 Å². The Labute approximate surface area is 226 Å². The summed E-state index contributed by atoms with van der Waals surface area (Å²) in [6.07, 6.45) is 3.08. The van der Waals surface area contributed by atoms with Crippen LogP contribution in [-0.4, -0.2) is 29.0 Å². The Hall–Kier alpha value is -2.34. The predicted molar refractivity (Wildman–Crippen MR) is 146 cm³/mol. The first-order chi connectivity index (χ1) is 17.9. The van der Waals surface area contributed by atoms with Gasteiger partial charge in [0.25, 0.3) is 0 Å². The first-order valence-corrected chi connectivity index (χ1v) is 14.1. The van der Waals surface area contributed by atoms with Crippen LogP contribution in [0.1, 0.15) is 84.3 Å². The van der Waals surface area contributed by atoms with Gasteiger partial charge in [-0.1, -0.05) is 66.2 Å². The number of carbonyl (C=O) groups excluding carboxylic acids is 1. The third kappa shape index (κ3) is 6.44. The van der Waals surface area contributed by atoms with Crippen molar-refractivity contribution in [3.05, 3.63) is 71.0 Å². The normalized spacial score (nSPS) is 24.3.